The highest BCUT2D eigenvalue weighted by Gasteiger charge is 2.26. The van der Waals surface area contributed by atoms with E-state index in [2.05, 4.69) is 0 Å². The van der Waals surface area contributed by atoms with Crippen LogP contribution in [0.2, 0.25) is 0 Å². The second-order valence-corrected chi connectivity index (χ2v) is 7.41. The van der Waals surface area contributed by atoms with Crippen molar-refractivity contribution < 1.29 is 8.42 Å². The minimum absolute atomic E-state index is 0.0162. The van der Waals surface area contributed by atoms with Gasteiger partial charge in [0.15, 0.2) is 9.84 Å². The lowest BCUT2D eigenvalue weighted by molar-refractivity contribution is 0.599. The Balaban J connectivity index is 2.82. The quantitative estimate of drug-likeness (QED) is 0.942. The maximum Gasteiger partial charge on any atom is 0.188 e. The van der Waals surface area contributed by atoms with E-state index in [9.17, 15) is 13.7 Å². The minimum atomic E-state index is -3.40. The predicted molar refractivity (Wildman–Crippen MR) is 76.6 cm³/mol. The number of nitrogens with two attached hydrogens (primary N) is 1. The SMILES string of the molecule is CCS(=O)(=O)c1sc(N)c(C#N)c1-c1ccccc1. The van der Waals surface area contributed by atoms with Crippen LogP contribution in [0.5, 0.6) is 0 Å². The average Bonchev–Trinajstić information content (AvgIpc) is 2.77. The second-order valence-electron chi connectivity index (χ2n) is 3.89. The van der Waals surface area contributed by atoms with Crippen LogP contribution in [0.3, 0.4) is 0 Å². The molecule has 0 aliphatic heterocycles. The van der Waals surface area contributed by atoms with E-state index in [-0.39, 0.29) is 20.5 Å². The summed E-state index contributed by atoms with van der Waals surface area (Å²) >= 11 is 0.959. The standard InChI is InChI=1S/C13H12N2O2S2/c1-2-19(16,17)13-11(9-6-4-3-5-7-9)10(8-14)12(15)18-13/h3-7H,2,15H2,1H3. The highest BCUT2D eigenvalue weighted by molar-refractivity contribution is 7.93. The number of hydrogen-bond donors (Lipinski definition) is 1. The maximum atomic E-state index is 12.1. The molecule has 0 unspecified atom stereocenters. The average molecular weight is 292 g/mol. The first-order chi connectivity index (χ1) is 9.01. The van der Waals surface area contributed by atoms with Crippen molar-refractivity contribution >= 4 is 26.2 Å². The summed E-state index contributed by atoms with van der Waals surface area (Å²) in [6, 6.07) is 11.0. The molecule has 1 aromatic heterocycles. The van der Waals surface area contributed by atoms with Crippen molar-refractivity contribution in [2.75, 3.05) is 11.5 Å². The van der Waals surface area contributed by atoms with Crippen LogP contribution in [-0.2, 0) is 9.84 Å². The zero-order chi connectivity index (χ0) is 14.0. The van der Waals surface area contributed by atoms with Crippen LogP contribution < -0.4 is 5.73 Å². The van der Waals surface area contributed by atoms with E-state index in [4.69, 9.17) is 5.73 Å². The van der Waals surface area contributed by atoms with Crippen molar-refractivity contribution in [2.45, 2.75) is 11.1 Å². The number of rotatable bonds is 3. The molecule has 2 N–H and O–H groups in total. The minimum Gasteiger partial charge on any atom is -0.389 e. The molecule has 0 aliphatic rings. The molecular weight excluding hydrogens is 280 g/mol. The van der Waals surface area contributed by atoms with E-state index in [1.54, 1.807) is 31.2 Å². The number of nitrogens with zero attached hydrogens (tertiary/aromatic N) is 1. The Bertz CT molecular complexity index is 741. The van der Waals surface area contributed by atoms with Gasteiger partial charge in [0.2, 0.25) is 0 Å². The zero-order valence-corrected chi connectivity index (χ0v) is 11.9. The molecule has 19 heavy (non-hydrogen) atoms. The van der Waals surface area contributed by atoms with Gasteiger partial charge in [-0.3, -0.25) is 0 Å². The van der Waals surface area contributed by atoms with Gasteiger partial charge >= 0.3 is 0 Å². The molecule has 1 aromatic carbocycles. The second kappa shape index (κ2) is 5.03. The summed E-state index contributed by atoms with van der Waals surface area (Å²) in [5, 5.41) is 9.44. The van der Waals surface area contributed by atoms with Crippen LogP contribution >= 0.6 is 11.3 Å². The lowest BCUT2D eigenvalue weighted by Gasteiger charge is -2.04. The smallest absolute Gasteiger partial charge is 0.188 e. The van der Waals surface area contributed by atoms with Crippen molar-refractivity contribution in [3.05, 3.63) is 35.9 Å². The Labute approximate surface area is 116 Å². The lowest BCUT2D eigenvalue weighted by Crippen LogP contribution is -2.03. The zero-order valence-electron chi connectivity index (χ0n) is 10.3. The molecule has 2 rings (SSSR count). The van der Waals surface area contributed by atoms with E-state index < -0.39 is 9.84 Å². The summed E-state index contributed by atoms with van der Waals surface area (Å²) in [6.45, 7) is 1.58. The van der Waals surface area contributed by atoms with Crippen LogP contribution in [0, 0.1) is 11.3 Å². The molecule has 0 atom stereocenters. The molecule has 4 nitrogen and oxygen atoms in total. The number of hydrogen-bond acceptors (Lipinski definition) is 5. The Hall–Kier alpha value is -1.84. The van der Waals surface area contributed by atoms with Crippen molar-refractivity contribution in [2.24, 2.45) is 0 Å². The van der Waals surface area contributed by atoms with Gasteiger partial charge in [-0.25, -0.2) is 8.42 Å². The largest absolute Gasteiger partial charge is 0.389 e. The van der Waals surface area contributed by atoms with Gasteiger partial charge in [-0.05, 0) is 5.56 Å². The van der Waals surface area contributed by atoms with Crippen molar-refractivity contribution in [3.63, 3.8) is 0 Å². The van der Waals surface area contributed by atoms with Gasteiger partial charge in [0.25, 0.3) is 0 Å². The van der Waals surface area contributed by atoms with E-state index in [1.807, 2.05) is 12.1 Å². The molecule has 0 fully saturated rings. The molecule has 0 bridgehead atoms. The summed E-state index contributed by atoms with van der Waals surface area (Å²) in [5.41, 5.74) is 7.13. The van der Waals surface area contributed by atoms with Crippen LogP contribution in [0.15, 0.2) is 34.5 Å². The molecule has 2 aromatic rings. The van der Waals surface area contributed by atoms with Gasteiger partial charge in [0, 0.05) is 5.56 Å². The van der Waals surface area contributed by atoms with Gasteiger partial charge in [-0.15, -0.1) is 11.3 Å². The number of nitriles is 1. The fourth-order valence-electron chi connectivity index (χ4n) is 1.76. The van der Waals surface area contributed by atoms with E-state index >= 15 is 0 Å². The number of sulfone groups is 1. The van der Waals surface area contributed by atoms with Crippen LogP contribution in [0.4, 0.5) is 5.00 Å². The molecule has 0 aliphatic carbocycles. The highest BCUT2D eigenvalue weighted by Crippen LogP contribution is 2.41. The van der Waals surface area contributed by atoms with Gasteiger partial charge in [-0.1, -0.05) is 37.3 Å². The molecule has 98 valence electrons. The first-order valence-corrected chi connectivity index (χ1v) is 8.08. The third-order valence-electron chi connectivity index (χ3n) is 2.74. The Morgan fingerprint density at radius 3 is 2.47 bits per heavy atom. The van der Waals surface area contributed by atoms with Crippen LogP contribution in [0.1, 0.15) is 12.5 Å². The van der Waals surface area contributed by atoms with E-state index in [0.717, 1.165) is 11.3 Å². The third-order valence-corrected chi connectivity index (χ3v) is 6.09. The molecular formula is C13H12N2O2S2. The molecule has 0 amide bonds. The van der Waals surface area contributed by atoms with Gasteiger partial charge in [0.1, 0.15) is 15.3 Å². The summed E-state index contributed by atoms with van der Waals surface area (Å²) in [6.07, 6.45) is 0. The van der Waals surface area contributed by atoms with Gasteiger partial charge in [0.05, 0.1) is 11.3 Å². The van der Waals surface area contributed by atoms with Gasteiger partial charge in [-0.2, -0.15) is 5.26 Å². The first-order valence-electron chi connectivity index (χ1n) is 5.61. The Morgan fingerprint density at radius 1 is 1.32 bits per heavy atom. The lowest BCUT2D eigenvalue weighted by atomic mass is 10.1. The highest BCUT2D eigenvalue weighted by atomic mass is 32.2. The Morgan fingerprint density at radius 2 is 1.95 bits per heavy atom. The summed E-state index contributed by atoms with van der Waals surface area (Å²) in [7, 11) is -3.40. The first kappa shape index (κ1) is 13.6. The molecule has 0 radical (unpaired) electrons. The summed E-state index contributed by atoms with van der Waals surface area (Å²) in [5.74, 6) is -0.0162. The van der Waals surface area contributed by atoms with E-state index in [0.29, 0.717) is 11.1 Å². The molecule has 0 saturated carbocycles. The van der Waals surface area contributed by atoms with Crippen molar-refractivity contribution in [1.82, 2.24) is 0 Å². The fourth-order valence-corrected chi connectivity index (χ4v) is 4.45. The molecule has 6 heteroatoms. The fraction of sp³-hybridized carbons (Fsp3) is 0.154. The molecule has 0 saturated heterocycles. The number of thiophene rings is 1. The molecule has 0 spiro atoms. The van der Waals surface area contributed by atoms with E-state index in [1.165, 1.54) is 0 Å². The summed E-state index contributed by atoms with van der Waals surface area (Å²) < 4.78 is 24.4. The number of anilines is 1. The maximum absolute atomic E-state index is 12.1. The van der Waals surface area contributed by atoms with Crippen LogP contribution in [-0.4, -0.2) is 14.2 Å². The molecule has 1 heterocycles. The summed E-state index contributed by atoms with van der Waals surface area (Å²) in [4.78, 5) is 0. The number of benzene rings is 1. The Kier molecular flexibility index (Phi) is 3.60. The topological polar surface area (TPSA) is 83.9 Å². The van der Waals surface area contributed by atoms with Crippen LogP contribution in [0.25, 0.3) is 11.1 Å². The monoisotopic (exact) mass is 292 g/mol. The normalized spacial score (nSPS) is 11.2. The van der Waals surface area contributed by atoms with Crippen molar-refractivity contribution in [1.29, 1.82) is 5.26 Å². The predicted octanol–water partition coefficient (Wildman–Crippen LogP) is 2.66. The van der Waals surface area contributed by atoms with Crippen molar-refractivity contribution in [3.8, 4) is 17.2 Å². The number of nitrogen functional groups attached to an aromatic ring is 1. The third kappa shape index (κ3) is 2.35. The van der Waals surface area contributed by atoms with Gasteiger partial charge < -0.3 is 5.73 Å².